The molecule has 6 heteroatoms. The van der Waals surface area contributed by atoms with Crippen LogP contribution >= 0.6 is 0 Å². The van der Waals surface area contributed by atoms with Crippen LogP contribution in [0.5, 0.6) is 0 Å². The molecule has 2 heterocycles. The van der Waals surface area contributed by atoms with Gasteiger partial charge < -0.3 is 0 Å². The largest absolute Gasteiger partial charge is 0.273 e. The van der Waals surface area contributed by atoms with Crippen LogP contribution in [0.1, 0.15) is 25.8 Å². The highest BCUT2D eigenvalue weighted by atomic mass is 32.2. The minimum Gasteiger partial charge on any atom is -0.273 e. The third-order valence-corrected chi connectivity index (χ3v) is 5.55. The van der Waals surface area contributed by atoms with Crippen molar-refractivity contribution in [2.75, 3.05) is 12.8 Å². The van der Waals surface area contributed by atoms with E-state index >= 15 is 0 Å². The van der Waals surface area contributed by atoms with Gasteiger partial charge in [-0.3, -0.25) is 9.30 Å². The zero-order valence-electron chi connectivity index (χ0n) is 13.4. The van der Waals surface area contributed by atoms with Gasteiger partial charge in [0.15, 0.2) is 0 Å². The molecule has 0 amide bonds. The van der Waals surface area contributed by atoms with E-state index in [9.17, 15) is 12.8 Å². The molecule has 0 N–H and O–H groups in total. The molecule has 1 fully saturated rings. The number of sulfonamides is 1. The second kappa shape index (κ2) is 5.30. The van der Waals surface area contributed by atoms with Crippen molar-refractivity contribution in [2.24, 2.45) is 4.99 Å². The van der Waals surface area contributed by atoms with E-state index in [0.717, 1.165) is 11.3 Å². The second-order valence-electron chi connectivity index (χ2n) is 6.11. The van der Waals surface area contributed by atoms with Crippen molar-refractivity contribution < 1.29 is 12.8 Å². The van der Waals surface area contributed by atoms with E-state index in [-0.39, 0.29) is 5.82 Å². The molecule has 0 unspecified atom stereocenters. The Hall–Kier alpha value is -1.95. The average Bonchev–Trinajstić information content (AvgIpc) is 2.91. The van der Waals surface area contributed by atoms with Crippen molar-refractivity contribution in [1.82, 2.24) is 4.31 Å². The van der Waals surface area contributed by atoms with Gasteiger partial charge in [0.25, 0.3) is 0 Å². The van der Waals surface area contributed by atoms with Crippen molar-refractivity contribution in [1.29, 1.82) is 0 Å². The van der Waals surface area contributed by atoms with Gasteiger partial charge in [-0.1, -0.05) is 12.1 Å². The highest BCUT2D eigenvalue weighted by Gasteiger charge is 2.48. The molecule has 1 spiro atoms. The number of rotatable bonds is 2. The first-order chi connectivity index (χ1) is 10.7. The third kappa shape index (κ3) is 2.72. The average molecular weight is 334 g/mol. The lowest BCUT2D eigenvalue weighted by Gasteiger charge is -2.27. The summed E-state index contributed by atoms with van der Waals surface area (Å²) in [5.74, 6) is -0.351. The van der Waals surface area contributed by atoms with Crippen molar-refractivity contribution >= 4 is 21.8 Å². The van der Waals surface area contributed by atoms with E-state index < -0.39 is 15.6 Å². The fraction of sp³-hybridized carbons (Fsp3) is 0.353. The predicted octanol–water partition coefficient (Wildman–Crippen LogP) is 2.99. The maximum atomic E-state index is 13.5. The molecule has 0 radical (unpaired) electrons. The van der Waals surface area contributed by atoms with Crippen LogP contribution in [0.4, 0.5) is 4.39 Å². The summed E-state index contributed by atoms with van der Waals surface area (Å²) in [6.45, 7) is 4.24. The van der Waals surface area contributed by atoms with Crippen LogP contribution in [0.25, 0.3) is 6.08 Å². The zero-order valence-corrected chi connectivity index (χ0v) is 14.2. The van der Waals surface area contributed by atoms with E-state index in [4.69, 9.17) is 4.99 Å². The monoisotopic (exact) mass is 334 g/mol. The van der Waals surface area contributed by atoms with E-state index in [1.165, 1.54) is 22.7 Å². The summed E-state index contributed by atoms with van der Waals surface area (Å²) in [6, 6.07) is 6.13. The second-order valence-corrected chi connectivity index (χ2v) is 8.02. The van der Waals surface area contributed by atoms with Crippen LogP contribution in [0.15, 0.2) is 46.6 Å². The highest BCUT2D eigenvalue weighted by Crippen LogP contribution is 2.45. The minimum absolute atomic E-state index is 0.351. The molecular weight excluding hydrogens is 315 g/mol. The molecule has 0 saturated carbocycles. The molecule has 0 bridgehead atoms. The van der Waals surface area contributed by atoms with Gasteiger partial charge in [0, 0.05) is 18.7 Å². The van der Waals surface area contributed by atoms with Crippen molar-refractivity contribution in [3.63, 3.8) is 0 Å². The van der Waals surface area contributed by atoms with Crippen molar-refractivity contribution in [2.45, 2.75) is 25.8 Å². The van der Waals surface area contributed by atoms with Gasteiger partial charge >= 0.3 is 0 Å². The van der Waals surface area contributed by atoms with Crippen molar-refractivity contribution in [3.05, 3.63) is 53.0 Å². The first-order valence-corrected chi connectivity index (χ1v) is 9.28. The summed E-state index contributed by atoms with van der Waals surface area (Å²) < 4.78 is 39.2. The summed E-state index contributed by atoms with van der Waals surface area (Å²) in [5.41, 5.74) is 2.46. The molecule has 2 aliphatic rings. The number of halogens is 1. The quantitative estimate of drug-likeness (QED) is 0.835. The van der Waals surface area contributed by atoms with Gasteiger partial charge in [-0.2, -0.15) is 0 Å². The van der Waals surface area contributed by atoms with Gasteiger partial charge in [-0.05, 0) is 49.3 Å². The number of nitrogens with zero attached hydrogens (tertiary/aromatic N) is 2. The Morgan fingerprint density at radius 3 is 2.65 bits per heavy atom. The summed E-state index contributed by atoms with van der Waals surface area (Å²) in [5, 5.41) is 0. The van der Waals surface area contributed by atoms with Crippen LogP contribution in [-0.2, 0) is 10.0 Å². The number of aliphatic imine (C=N–C) groups is 1. The highest BCUT2D eigenvalue weighted by molar-refractivity contribution is 7.88. The lowest BCUT2D eigenvalue weighted by molar-refractivity contribution is 0.515. The first kappa shape index (κ1) is 15.9. The van der Waals surface area contributed by atoms with Gasteiger partial charge in [0.05, 0.1) is 12.0 Å². The molecule has 4 nitrogen and oxygen atoms in total. The molecule has 0 aliphatic carbocycles. The maximum Gasteiger partial charge on any atom is 0.232 e. The zero-order chi connectivity index (χ0) is 16.8. The Morgan fingerprint density at radius 1 is 1.35 bits per heavy atom. The van der Waals surface area contributed by atoms with Gasteiger partial charge in [0.1, 0.15) is 11.4 Å². The summed E-state index contributed by atoms with van der Waals surface area (Å²) >= 11 is 0. The molecule has 2 aliphatic heterocycles. The van der Waals surface area contributed by atoms with Crippen LogP contribution in [0, 0.1) is 5.82 Å². The summed E-state index contributed by atoms with van der Waals surface area (Å²) in [7, 11) is -3.41. The summed E-state index contributed by atoms with van der Waals surface area (Å²) in [6.07, 6.45) is 5.50. The Morgan fingerprint density at radius 2 is 2.09 bits per heavy atom. The normalized spacial score (nSPS) is 26.1. The third-order valence-electron chi connectivity index (χ3n) is 4.37. The standard InChI is InChI=1S/C17H19FN2O2S/c1-12-9-13(2)19-17(12)7-8-20(23(3,21)22)16(17)11-14-5-4-6-15(18)10-14/h4-6,9-11H,7-8H2,1-3H3/b16-11+/t17-/m1/s1. The van der Waals surface area contributed by atoms with Gasteiger partial charge in [-0.25, -0.2) is 12.8 Å². The molecular formula is C17H19FN2O2S. The molecule has 3 rings (SSSR count). The number of hydrogen-bond acceptors (Lipinski definition) is 3. The molecule has 0 aromatic heterocycles. The number of allylic oxidation sites excluding steroid dienone is 1. The van der Waals surface area contributed by atoms with Crippen molar-refractivity contribution in [3.8, 4) is 0 Å². The molecule has 1 saturated heterocycles. The lowest BCUT2D eigenvalue weighted by atomic mass is 9.88. The maximum absolute atomic E-state index is 13.5. The van der Waals surface area contributed by atoms with Crippen LogP contribution in [0.3, 0.4) is 0 Å². The van der Waals surface area contributed by atoms with Crippen LogP contribution in [0.2, 0.25) is 0 Å². The van der Waals surface area contributed by atoms with Crippen LogP contribution in [-0.4, -0.2) is 36.8 Å². The smallest absolute Gasteiger partial charge is 0.232 e. The minimum atomic E-state index is -3.41. The molecule has 1 aromatic carbocycles. The Balaban J connectivity index is 2.19. The first-order valence-electron chi connectivity index (χ1n) is 7.43. The van der Waals surface area contributed by atoms with E-state index in [1.807, 2.05) is 19.9 Å². The van der Waals surface area contributed by atoms with Gasteiger partial charge in [0.2, 0.25) is 10.0 Å². The summed E-state index contributed by atoms with van der Waals surface area (Å²) in [4.78, 5) is 4.72. The van der Waals surface area contributed by atoms with E-state index in [2.05, 4.69) is 0 Å². The molecule has 1 atom stereocenters. The Labute approximate surface area is 136 Å². The Kier molecular flexibility index (Phi) is 3.67. The Bertz CT molecular complexity index is 855. The SMILES string of the molecule is CC1=CC(C)=N[C@]12CCN(S(C)(=O)=O)/C2=C/c1cccc(F)c1. The molecule has 122 valence electrons. The topological polar surface area (TPSA) is 49.7 Å². The van der Waals surface area contributed by atoms with E-state index in [0.29, 0.717) is 24.2 Å². The van der Waals surface area contributed by atoms with E-state index in [1.54, 1.807) is 18.2 Å². The number of benzene rings is 1. The lowest BCUT2D eigenvalue weighted by Crippen LogP contribution is -2.32. The predicted molar refractivity (Wildman–Crippen MR) is 90.1 cm³/mol. The van der Waals surface area contributed by atoms with Gasteiger partial charge in [-0.15, -0.1) is 0 Å². The van der Waals surface area contributed by atoms with Crippen LogP contribution < -0.4 is 0 Å². The molecule has 1 aromatic rings. The molecule has 23 heavy (non-hydrogen) atoms. The number of hydrogen-bond donors (Lipinski definition) is 0. The fourth-order valence-electron chi connectivity index (χ4n) is 3.37. The fourth-order valence-corrected chi connectivity index (χ4v) is 4.36.